The average Bonchev–Trinajstić information content (AvgIpc) is 2.97. The molecule has 0 N–H and O–H groups in total. The van der Waals surface area contributed by atoms with Crippen LogP contribution in [0.1, 0.15) is 35.7 Å². The van der Waals surface area contributed by atoms with Gasteiger partial charge in [-0.2, -0.15) is 0 Å². The highest BCUT2D eigenvalue weighted by atomic mass is 16.5. The summed E-state index contributed by atoms with van der Waals surface area (Å²) in [5, 5.41) is 0. The van der Waals surface area contributed by atoms with Crippen LogP contribution in [0.2, 0.25) is 0 Å². The molecule has 2 aromatic rings. The fourth-order valence-corrected chi connectivity index (χ4v) is 2.13. The number of amides is 1. The molecular weight excluding hydrogens is 266 g/mol. The van der Waals surface area contributed by atoms with Crippen LogP contribution in [0.3, 0.4) is 0 Å². The summed E-state index contributed by atoms with van der Waals surface area (Å²) in [7, 11) is 1.76. The Hall–Kier alpha value is -2.23. The zero-order chi connectivity index (χ0) is 15.2. The molecule has 0 unspecified atom stereocenters. The van der Waals surface area contributed by atoms with Gasteiger partial charge in [-0.15, -0.1) is 0 Å². The Kier molecular flexibility index (Phi) is 5.04. The van der Waals surface area contributed by atoms with Gasteiger partial charge in [-0.05, 0) is 25.1 Å². The first-order chi connectivity index (χ1) is 10.2. The molecule has 0 saturated heterocycles. The third-order valence-corrected chi connectivity index (χ3v) is 3.25. The molecule has 112 valence electrons. The maximum absolute atomic E-state index is 12.3. The molecule has 4 heteroatoms. The van der Waals surface area contributed by atoms with E-state index in [2.05, 4.69) is 0 Å². The van der Waals surface area contributed by atoms with E-state index < -0.39 is 0 Å². The van der Waals surface area contributed by atoms with E-state index in [4.69, 9.17) is 9.15 Å². The SMILES string of the molecule is CCOc1ccccc1CN(C)C(=O)c1ccc(CC)o1. The van der Waals surface area contributed by atoms with Gasteiger partial charge >= 0.3 is 0 Å². The largest absolute Gasteiger partial charge is 0.494 e. The van der Waals surface area contributed by atoms with Gasteiger partial charge in [0.15, 0.2) is 5.76 Å². The summed E-state index contributed by atoms with van der Waals surface area (Å²) in [4.78, 5) is 14.0. The highest BCUT2D eigenvalue weighted by Gasteiger charge is 2.17. The van der Waals surface area contributed by atoms with E-state index in [1.165, 1.54) is 0 Å². The van der Waals surface area contributed by atoms with Crippen LogP contribution < -0.4 is 4.74 Å². The second kappa shape index (κ2) is 6.97. The molecule has 0 aliphatic rings. The predicted molar refractivity (Wildman–Crippen MR) is 81.5 cm³/mol. The summed E-state index contributed by atoms with van der Waals surface area (Å²) in [5.41, 5.74) is 0.984. The fourth-order valence-electron chi connectivity index (χ4n) is 2.13. The summed E-state index contributed by atoms with van der Waals surface area (Å²) >= 11 is 0. The molecule has 0 aliphatic carbocycles. The third-order valence-electron chi connectivity index (χ3n) is 3.25. The molecule has 4 nitrogen and oxygen atoms in total. The molecular formula is C17H21NO3. The number of hydrogen-bond acceptors (Lipinski definition) is 3. The standard InChI is InChI=1S/C17H21NO3/c1-4-14-10-11-16(21-14)17(19)18(3)12-13-8-6-7-9-15(13)20-5-2/h6-11H,4-5,12H2,1-3H3. The maximum Gasteiger partial charge on any atom is 0.289 e. The number of carbonyl (C=O) groups is 1. The first-order valence-electron chi connectivity index (χ1n) is 7.20. The number of furan rings is 1. The van der Waals surface area contributed by atoms with Gasteiger partial charge in [0.25, 0.3) is 5.91 Å². The zero-order valence-corrected chi connectivity index (χ0v) is 12.8. The number of ether oxygens (including phenoxy) is 1. The van der Waals surface area contributed by atoms with Gasteiger partial charge in [-0.1, -0.05) is 25.1 Å². The number of aryl methyl sites for hydroxylation is 1. The van der Waals surface area contributed by atoms with E-state index in [1.54, 1.807) is 18.0 Å². The van der Waals surface area contributed by atoms with E-state index in [-0.39, 0.29) is 5.91 Å². The molecule has 1 aromatic heterocycles. The van der Waals surface area contributed by atoms with Crippen LogP contribution in [-0.2, 0) is 13.0 Å². The lowest BCUT2D eigenvalue weighted by Gasteiger charge is -2.18. The van der Waals surface area contributed by atoms with Gasteiger partial charge in [0.2, 0.25) is 0 Å². The second-order valence-corrected chi connectivity index (χ2v) is 4.82. The Morgan fingerprint density at radius 2 is 1.95 bits per heavy atom. The van der Waals surface area contributed by atoms with Crippen molar-refractivity contribution >= 4 is 5.91 Å². The average molecular weight is 287 g/mol. The molecule has 2 rings (SSSR count). The molecule has 1 heterocycles. The smallest absolute Gasteiger partial charge is 0.289 e. The molecule has 1 aromatic carbocycles. The molecule has 0 aliphatic heterocycles. The van der Waals surface area contributed by atoms with Crippen LogP contribution in [0.4, 0.5) is 0 Å². The number of nitrogens with zero attached hydrogens (tertiary/aromatic N) is 1. The third kappa shape index (κ3) is 3.66. The summed E-state index contributed by atoms with van der Waals surface area (Å²) < 4.78 is 11.1. The van der Waals surface area contributed by atoms with Crippen molar-refractivity contribution in [3.05, 3.63) is 53.5 Å². The predicted octanol–water partition coefficient (Wildman–Crippen LogP) is 3.51. The van der Waals surface area contributed by atoms with Gasteiger partial charge < -0.3 is 14.1 Å². The molecule has 0 saturated carbocycles. The topological polar surface area (TPSA) is 42.7 Å². The van der Waals surface area contributed by atoms with Gasteiger partial charge in [-0.25, -0.2) is 0 Å². The molecule has 0 atom stereocenters. The molecule has 0 bridgehead atoms. The Balaban J connectivity index is 2.10. The van der Waals surface area contributed by atoms with Crippen molar-refractivity contribution in [1.29, 1.82) is 0 Å². The van der Waals surface area contributed by atoms with Gasteiger partial charge in [-0.3, -0.25) is 4.79 Å². The summed E-state index contributed by atoms with van der Waals surface area (Å²) in [5.74, 6) is 1.89. The summed E-state index contributed by atoms with van der Waals surface area (Å²) in [6.45, 7) is 5.03. The summed E-state index contributed by atoms with van der Waals surface area (Å²) in [6.07, 6.45) is 0.782. The van der Waals surface area contributed by atoms with Crippen LogP contribution in [0, 0.1) is 0 Å². The van der Waals surface area contributed by atoms with Crippen molar-refractivity contribution in [2.75, 3.05) is 13.7 Å². The van der Waals surface area contributed by atoms with Crippen LogP contribution in [-0.4, -0.2) is 24.5 Å². The number of rotatable bonds is 6. The minimum atomic E-state index is -0.124. The normalized spacial score (nSPS) is 10.4. The van der Waals surface area contributed by atoms with Gasteiger partial charge in [0.1, 0.15) is 11.5 Å². The molecule has 0 fully saturated rings. The first-order valence-corrected chi connectivity index (χ1v) is 7.20. The van der Waals surface area contributed by atoms with Crippen LogP contribution in [0.15, 0.2) is 40.8 Å². The van der Waals surface area contributed by atoms with Gasteiger partial charge in [0.05, 0.1) is 6.61 Å². The number of carbonyl (C=O) groups excluding carboxylic acids is 1. The number of para-hydroxylation sites is 1. The van der Waals surface area contributed by atoms with Gasteiger partial charge in [0, 0.05) is 25.6 Å². The maximum atomic E-state index is 12.3. The Labute approximate surface area is 125 Å². The Morgan fingerprint density at radius 3 is 2.62 bits per heavy atom. The van der Waals surface area contributed by atoms with E-state index in [1.807, 2.05) is 44.2 Å². The highest BCUT2D eigenvalue weighted by molar-refractivity contribution is 5.91. The van der Waals surface area contributed by atoms with E-state index >= 15 is 0 Å². The van der Waals surface area contributed by atoms with Crippen molar-refractivity contribution in [1.82, 2.24) is 4.90 Å². The Bertz CT molecular complexity index is 604. The van der Waals surface area contributed by atoms with Crippen molar-refractivity contribution in [2.45, 2.75) is 26.8 Å². The fraction of sp³-hybridized carbons (Fsp3) is 0.353. The molecule has 21 heavy (non-hydrogen) atoms. The van der Waals surface area contributed by atoms with Crippen molar-refractivity contribution in [3.8, 4) is 5.75 Å². The minimum absolute atomic E-state index is 0.124. The van der Waals surface area contributed by atoms with Crippen LogP contribution in [0.25, 0.3) is 0 Å². The zero-order valence-electron chi connectivity index (χ0n) is 12.8. The minimum Gasteiger partial charge on any atom is -0.494 e. The molecule has 0 spiro atoms. The van der Waals surface area contributed by atoms with Crippen molar-refractivity contribution in [3.63, 3.8) is 0 Å². The van der Waals surface area contributed by atoms with Crippen molar-refractivity contribution in [2.24, 2.45) is 0 Å². The highest BCUT2D eigenvalue weighted by Crippen LogP contribution is 2.20. The van der Waals surface area contributed by atoms with Crippen LogP contribution in [0.5, 0.6) is 5.75 Å². The lowest BCUT2D eigenvalue weighted by atomic mass is 10.2. The number of benzene rings is 1. The Morgan fingerprint density at radius 1 is 1.19 bits per heavy atom. The van der Waals surface area contributed by atoms with Crippen molar-refractivity contribution < 1.29 is 13.9 Å². The number of hydrogen-bond donors (Lipinski definition) is 0. The first kappa shape index (κ1) is 15.2. The lowest BCUT2D eigenvalue weighted by Crippen LogP contribution is -2.26. The molecule has 1 amide bonds. The second-order valence-electron chi connectivity index (χ2n) is 4.82. The quantitative estimate of drug-likeness (QED) is 0.816. The van der Waals surface area contributed by atoms with E-state index in [0.29, 0.717) is 18.9 Å². The monoisotopic (exact) mass is 287 g/mol. The lowest BCUT2D eigenvalue weighted by molar-refractivity contribution is 0.0750. The summed E-state index contributed by atoms with van der Waals surface area (Å²) in [6, 6.07) is 11.3. The van der Waals surface area contributed by atoms with Crippen LogP contribution >= 0.6 is 0 Å². The molecule has 0 radical (unpaired) electrons. The van der Waals surface area contributed by atoms with E-state index in [0.717, 1.165) is 23.5 Å². The van der Waals surface area contributed by atoms with E-state index in [9.17, 15) is 4.79 Å².